The van der Waals surface area contributed by atoms with Gasteiger partial charge < -0.3 is 19.7 Å². The molecule has 3 rings (SSSR count). The lowest BCUT2D eigenvalue weighted by atomic mass is 10.1. The molecule has 2 amide bonds. The van der Waals surface area contributed by atoms with E-state index >= 15 is 0 Å². The van der Waals surface area contributed by atoms with Crippen molar-refractivity contribution in [3.63, 3.8) is 0 Å². The molecular weight excluding hydrogens is 360 g/mol. The molecule has 0 aromatic heterocycles. The Labute approximate surface area is 163 Å². The number of amides is 2. The Morgan fingerprint density at radius 3 is 2.46 bits per heavy atom. The molecule has 146 valence electrons. The number of carbonyl (C=O) groups excluding carboxylic acids is 3. The lowest BCUT2D eigenvalue weighted by molar-refractivity contribution is -0.117. The van der Waals surface area contributed by atoms with Crippen LogP contribution >= 0.6 is 0 Å². The third-order valence-corrected chi connectivity index (χ3v) is 4.33. The molecule has 0 aliphatic carbocycles. The second-order valence-corrected chi connectivity index (χ2v) is 6.43. The number of hydrogen-bond acceptors (Lipinski definition) is 5. The van der Waals surface area contributed by atoms with E-state index < -0.39 is 0 Å². The zero-order chi connectivity index (χ0) is 20.1. The van der Waals surface area contributed by atoms with Crippen LogP contribution in [0.3, 0.4) is 0 Å². The van der Waals surface area contributed by atoms with Crippen LogP contribution in [0.2, 0.25) is 0 Å². The number of hydrogen-bond donors (Lipinski definition) is 1. The summed E-state index contributed by atoms with van der Waals surface area (Å²) in [4.78, 5) is 37.4. The highest BCUT2D eigenvalue weighted by molar-refractivity contribution is 5.98. The standard InChI is InChI=1S/C21H22N2O5/c1-14(24)16-4-3-5-18(12-16)23(15(2)25)9-8-21(26)22-17-6-7-19-20(13-17)28-11-10-27-19/h3-7,12-13H,8-11H2,1-2H3,(H,22,26). The first-order chi connectivity index (χ1) is 13.4. The average molecular weight is 382 g/mol. The van der Waals surface area contributed by atoms with Crippen molar-refractivity contribution >= 4 is 29.0 Å². The van der Waals surface area contributed by atoms with E-state index in [0.29, 0.717) is 41.7 Å². The maximum atomic E-state index is 12.3. The summed E-state index contributed by atoms with van der Waals surface area (Å²) >= 11 is 0. The van der Waals surface area contributed by atoms with Gasteiger partial charge in [-0.1, -0.05) is 12.1 Å². The number of rotatable bonds is 6. The second kappa shape index (κ2) is 8.56. The molecule has 0 saturated carbocycles. The summed E-state index contributed by atoms with van der Waals surface area (Å²) in [6, 6.07) is 12.0. The summed E-state index contributed by atoms with van der Waals surface area (Å²) in [7, 11) is 0. The predicted octanol–water partition coefficient (Wildman–Crippen LogP) is 3.04. The van der Waals surface area contributed by atoms with Crippen molar-refractivity contribution in [1.29, 1.82) is 0 Å². The van der Waals surface area contributed by atoms with Crippen LogP contribution in [0.15, 0.2) is 42.5 Å². The Kier molecular flexibility index (Phi) is 5.93. The van der Waals surface area contributed by atoms with E-state index in [1.54, 1.807) is 42.5 Å². The number of ether oxygens (including phenoxy) is 2. The lowest BCUT2D eigenvalue weighted by Gasteiger charge is -2.22. The number of benzene rings is 2. The number of nitrogens with one attached hydrogen (secondary N) is 1. The molecule has 2 aromatic carbocycles. The number of anilines is 2. The number of nitrogens with zero attached hydrogens (tertiary/aromatic N) is 1. The molecule has 1 aliphatic rings. The molecule has 28 heavy (non-hydrogen) atoms. The van der Waals surface area contributed by atoms with E-state index in [1.807, 2.05) is 0 Å². The molecule has 0 bridgehead atoms. The van der Waals surface area contributed by atoms with Crippen molar-refractivity contribution < 1.29 is 23.9 Å². The highest BCUT2D eigenvalue weighted by atomic mass is 16.6. The van der Waals surface area contributed by atoms with Gasteiger partial charge in [0, 0.05) is 42.9 Å². The van der Waals surface area contributed by atoms with Crippen LogP contribution in [-0.2, 0) is 9.59 Å². The number of ketones is 1. The van der Waals surface area contributed by atoms with Gasteiger partial charge in [-0.3, -0.25) is 14.4 Å². The Balaban J connectivity index is 1.64. The first-order valence-corrected chi connectivity index (χ1v) is 9.02. The highest BCUT2D eigenvalue weighted by Crippen LogP contribution is 2.32. The van der Waals surface area contributed by atoms with Crippen LogP contribution < -0.4 is 19.7 Å². The summed E-state index contributed by atoms with van der Waals surface area (Å²) in [6.07, 6.45) is 0.109. The number of fused-ring (bicyclic) bond motifs is 1. The van der Waals surface area contributed by atoms with Crippen molar-refractivity contribution in [1.82, 2.24) is 0 Å². The van der Waals surface area contributed by atoms with Gasteiger partial charge >= 0.3 is 0 Å². The normalized spacial score (nSPS) is 12.2. The molecule has 2 aromatic rings. The van der Waals surface area contributed by atoms with Gasteiger partial charge in [0.2, 0.25) is 11.8 Å². The Morgan fingerprint density at radius 2 is 1.75 bits per heavy atom. The van der Waals surface area contributed by atoms with Crippen molar-refractivity contribution in [2.75, 3.05) is 30.0 Å². The van der Waals surface area contributed by atoms with Crippen LogP contribution in [0, 0.1) is 0 Å². The molecule has 7 nitrogen and oxygen atoms in total. The number of Topliss-reactive ketones (excluding diaryl/α,β-unsaturated/α-hetero) is 1. The fraction of sp³-hybridized carbons (Fsp3) is 0.286. The fourth-order valence-corrected chi connectivity index (χ4v) is 2.92. The summed E-state index contributed by atoms with van der Waals surface area (Å²) in [5.74, 6) is 0.730. The molecule has 1 aliphatic heterocycles. The largest absolute Gasteiger partial charge is 0.486 e. The molecule has 0 saturated heterocycles. The summed E-state index contributed by atoms with van der Waals surface area (Å²) in [5.41, 5.74) is 1.71. The third kappa shape index (κ3) is 4.68. The summed E-state index contributed by atoms with van der Waals surface area (Å²) in [5, 5.41) is 2.80. The van der Waals surface area contributed by atoms with E-state index in [-0.39, 0.29) is 30.6 Å². The van der Waals surface area contributed by atoms with Gasteiger partial charge in [0.25, 0.3) is 0 Å². The van der Waals surface area contributed by atoms with Gasteiger partial charge in [0.1, 0.15) is 13.2 Å². The van der Waals surface area contributed by atoms with Gasteiger partial charge in [-0.05, 0) is 31.2 Å². The van der Waals surface area contributed by atoms with Crippen LogP contribution in [0.4, 0.5) is 11.4 Å². The van der Waals surface area contributed by atoms with Gasteiger partial charge in [0.05, 0.1) is 0 Å². The lowest BCUT2D eigenvalue weighted by Crippen LogP contribution is -2.32. The summed E-state index contributed by atoms with van der Waals surface area (Å²) in [6.45, 7) is 4.08. The molecule has 0 atom stereocenters. The minimum absolute atomic E-state index is 0.0818. The molecule has 0 radical (unpaired) electrons. The molecule has 0 fully saturated rings. The minimum atomic E-state index is -0.231. The van der Waals surface area contributed by atoms with E-state index in [0.717, 1.165) is 0 Å². The Hall–Kier alpha value is -3.35. The topological polar surface area (TPSA) is 84.9 Å². The van der Waals surface area contributed by atoms with Crippen molar-refractivity contribution in [3.8, 4) is 11.5 Å². The Morgan fingerprint density at radius 1 is 1.00 bits per heavy atom. The zero-order valence-electron chi connectivity index (χ0n) is 15.9. The maximum absolute atomic E-state index is 12.3. The van der Waals surface area contributed by atoms with Gasteiger partial charge in [0.15, 0.2) is 17.3 Å². The SMILES string of the molecule is CC(=O)c1cccc(N(CCC(=O)Nc2ccc3c(c2)OCCO3)C(C)=O)c1. The first kappa shape index (κ1) is 19.4. The van der Waals surface area contributed by atoms with Crippen LogP contribution in [-0.4, -0.2) is 37.4 Å². The maximum Gasteiger partial charge on any atom is 0.226 e. The highest BCUT2D eigenvalue weighted by Gasteiger charge is 2.16. The van der Waals surface area contributed by atoms with E-state index in [4.69, 9.17) is 9.47 Å². The van der Waals surface area contributed by atoms with E-state index in [9.17, 15) is 14.4 Å². The quantitative estimate of drug-likeness (QED) is 0.776. The first-order valence-electron chi connectivity index (χ1n) is 9.02. The number of carbonyl (C=O) groups is 3. The fourth-order valence-electron chi connectivity index (χ4n) is 2.92. The van der Waals surface area contributed by atoms with Crippen LogP contribution in [0.1, 0.15) is 30.6 Å². The molecule has 7 heteroatoms. The monoisotopic (exact) mass is 382 g/mol. The van der Waals surface area contributed by atoms with Crippen molar-refractivity contribution in [2.45, 2.75) is 20.3 Å². The van der Waals surface area contributed by atoms with E-state index in [2.05, 4.69) is 5.32 Å². The van der Waals surface area contributed by atoms with Crippen LogP contribution in [0.5, 0.6) is 11.5 Å². The third-order valence-electron chi connectivity index (χ3n) is 4.33. The summed E-state index contributed by atoms with van der Waals surface area (Å²) < 4.78 is 11.0. The Bertz CT molecular complexity index is 909. The van der Waals surface area contributed by atoms with Gasteiger partial charge in [-0.15, -0.1) is 0 Å². The molecule has 0 unspecified atom stereocenters. The molecule has 1 N–H and O–H groups in total. The van der Waals surface area contributed by atoms with E-state index in [1.165, 1.54) is 18.7 Å². The minimum Gasteiger partial charge on any atom is -0.486 e. The average Bonchev–Trinajstić information content (AvgIpc) is 2.68. The molecular formula is C21H22N2O5. The predicted molar refractivity (Wildman–Crippen MR) is 105 cm³/mol. The smallest absolute Gasteiger partial charge is 0.226 e. The second-order valence-electron chi connectivity index (χ2n) is 6.43. The van der Waals surface area contributed by atoms with Gasteiger partial charge in [-0.2, -0.15) is 0 Å². The zero-order valence-corrected chi connectivity index (χ0v) is 15.9. The molecule has 1 heterocycles. The molecule has 0 spiro atoms. The van der Waals surface area contributed by atoms with Crippen molar-refractivity contribution in [3.05, 3.63) is 48.0 Å². The van der Waals surface area contributed by atoms with Crippen LogP contribution in [0.25, 0.3) is 0 Å². The van der Waals surface area contributed by atoms with Gasteiger partial charge in [-0.25, -0.2) is 0 Å². The van der Waals surface area contributed by atoms with Crippen molar-refractivity contribution in [2.24, 2.45) is 0 Å².